The minimum Gasteiger partial charge on any atom is -0.493 e. The quantitative estimate of drug-likeness (QED) is 0.667. The molecule has 1 saturated heterocycles. The first-order chi connectivity index (χ1) is 14.6. The third-order valence-electron chi connectivity index (χ3n) is 6.20. The van der Waals surface area contributed by atoms with E-state index in [2.05, 4.69) is 16.7 Å². The number of fused-ring (bicyclic) bond motifs is 1. The summed E-state index contributed by atoms with van der Waals surface area (Å²) in [7, 11) is 4.92. The van der Waals surface area contributed by atoms with Crippen LogP contribution in [0.1, 0.15) is 36.6 Å². The number of rotatable bonds is 6. The van der Waals surface area contributed by atoms with Crippen LogP contribution in [0.15, 0.2) is 18.3 Å². The number of hydrogen-bond donors (Lipinski definition) is 0. The van der Waals surface area contributed by atoms with Crippen LogP contribution in [-0.2, 0) is 19.5 Å². The Hall–Kier alpha value is -2.25. The van der Waals surface area contributed by atoms with Gasteiger partial charge in [0.25, 0.3) is 0 Å². The molecule has 1 aromatic heterocycles. The lowest BCUT2D eigenvalue weighted by molar-refractivity contribution is 0.241. The molecule has 2 aliphatic rings. The van der Waals surface area contributed by atoms with Crippen molar-refractivity contribution >= 4 is 18.4 Å². The second kappa shape index (κ2) is 10.4. The number of methoxy groups -OCH3 is 3. The largest absolute Gasteiger partial charge is 0.493 e. The molecule has 0 unspecified atom stereocenters. The Morgan fingerprint density at radius 3 is 2.29 bits per heavy atom. The van der Waals surface area contributed by atoms with E-state index in [4.69, 9.17) is 24.2 Å². The molecule has 170 valence electrons. The number of hydrogen-bond acceptors (Lipinski definition) is 7. The van der Waals surface area contributed by atoms with Crippen LogP contribution in [0.3, 0.4) is 0 Å². The Balaban J connectivity index is 0.00000272. The van der Waals surface area contributed by atoms with E-state index in [0.29, 0.717) is 17.2 Å². The number of anilines is 1. The second-order valence-electron chi connectivity index (χ2n) is 8.31. The predicted molar refractivity (Wildman–Crippen MR) is 124 cm³/mol. The van der Waals surface area contributed by atoms with Gasteiger partial charge in [-0.25, -0.2) is 9.97 Å². The zero-order valence-corrected chi connectivity index (χ0v) is 19.7. The van der Waals surface area contributed by atoms with E-state index in [-0.39, 0.29) is 12.4 Å². The van der Waals surface area contributed by atoms with Crippen molar-refractivity contribution in [1.82, 2.24) is 14.9 Å². The van der Waals surface area contributed by atoms with Crippen LogP contribution < -0.4 is 19.1 Å². The third kappa shape index (κ3) is 5.15. The van der Waals surface area contributed by atoms with Crippen molar-refractivity contribution in [2.24, 2.45) is 5.92 Å². The van der Waals surface area contributed by atoms with Gasteiger partial charge in [0, 0.05) is 50.9 Å². The summed E-state index contributed by atoms with van der Waals surface area (Å²) >= 11 is 0. The van der Waals surface area contributed by atoms with Gasteiger partial charge in [-0.15, -0.1) is 12.4 Å². The molecule has 0 spiro atoms. The topological polar surface area (TPSA) is 60.0 Å². The highest BCUT2D eigenvalue weighted by Gasteiger charge is 2.23. The summed E-state index contributed by atoms with van der Waals surface area (Å²) in [5.41, 5.74) is 3.55. The van der Waals surface area contributed by atoms with Crippen molar-refractivity contribution in [3.8, 4) is 17.2 Å². The van der Waals surface area contributed by atoms with Crippen LogP contribution in [-0.4, -0.2) is 55.8 Å². The summed E-state index contributed by atoms with van der Waals surface area (Å²) in [6, 6.07) is 4.04. The highest BCUT2D eigenvalue weighted by molar-refractivity contribution is 5.85. The Morgan fingerprint density at radius 1 is 1.00 bits per heavy atom. The van der Waals surface area contributed by atoms with E-state index in [9.17, 15) is 0 Å². The summed E-state index contributed by atoms with van der Waals surface area (Å²) in [6.45, 7) is 7.08. The van der Waals surface area contributed by atoms with Gasteiger partial charge in [-0.2, -0.15) is 0 Å². The molecule has 31 heavy (non-hydrogen) atoms. The van der Waals surface area contributed by atoms with Gasteiger partial charge in [0.2, 0.25) is 11.7 Å². The zero-order chi connectivity index (χ0) is 21.1. The summed E-state index contributed by atoms with van der Waals surface area (Å²) in [5.74, 6) is 3.71. The summed E-state index contributed by atoms with van der Waals surface area (Å²) in [4.78, 5) is 14.4. The van der Waals surface area contributed by atoms with E-state index in [1.165, 1.54) is 24.1 Å². The molecule has 2 aromatic rings. The monoisotopic (exact) mass is 448 g/mol. The molecule has 0 saturated carbocycles. The fourth-order valence-corrected chi connectivity index (χ4v) is 4.34. The van der Waals surface area contributed by atoms with Gasteiger partial charge in [-0.1, -0.05) is 6.92 Å². The molecule has 7 nitrogen and oxygen atoms in total. The maximum absolute atomic E-state index is 5.49. The Bertz CT molecular complexity index is 862. The summed E-state index contributed by atoms with van der Waals surface area (Å²) < 4.78 is 16.4. The fraction of sp³-hybridized carbons (Fsp3) is 0.565. The van der Waals surface area contributed by atoms with Gasteiger partial charge in [0.05, 0.1) is 27.0 Å². The van der Waals surface area contributed by atoms with Crippen molar-refractivity contribution in [3.63, 3.8) is 0 Å². The molecule has 0 N–H and O–H groups in total. The van der Waals surface area contributed by atoms with Gasteiger partial charge in [-0.05, 0) is 36.5 Å². The van der Waals surface area contributed by atoms with Crippen LogP contribution in [0.5, 0.6) is 17.2 Å². The standard InChI is InChI=1S/C23H32N4O3.ClH/c1-16-5-9-27(10-6-16)23-24-13-18-15-26(8-7-19(18)25-23)14-17-11-20(28-2)22(30-4)21(12-17)29-3;/h11-13,16H,5-10,14-15H2,1-4H3;1H. The molecule has 0 bridgehead atoms. The lowest BCUT2D eigenvalue weighted by atomic mass is 9.99. The van der Waals surface area contributed by atoms with E-state index in [0.717, 1.165) is 56.6 Å². The second-order valence-corrected chi connectivity index (χ2v) is 8.31. The van der Waals surface area contributed by atoms with Gasteiger partial charge < -0.3 is 19.1 Å². The van der Waals surface area contributed by atoms with Crippen LogP contribution >= 0.6 is 12.4 Å². The number of benzene rings is 1. The molecule has 0 atom stereocenters. The zero-order valence-electron chi connectivity index (χ0n) is 18.9. The molecule has 2 aliphatic heterocycles. The van der Waals surface area contributed by atoms with Crippen LogP contribution in [0.25, 0.3) is 0 Å². The van der Waals surface area contributed by atoms with Crippen molar-refractivity contribution in [2.45, 2.75) is 39.3 Å². The van der Waals surface area contributed by atoms with Gasteiger partial charge in [0.15, 0.2) is 11.5 Å². The Labute approximate surface area is 191 Å². The molecule has 4 rings (SSSR count). The van der Waals surface area contributed by atoms with Crippen LogP contribution in [0.2, 0.25) is 0 Å². The maximum Gasteiger partial charge on any atom is 0.225 e. The van der Waals surface area contributed by atoms with Crippen molar-refractivity contribution in [2.75, 3.05) is 45.9 Å². The van der Waals surface area contributed by atoms with Crippen molar-refractivity contribution in [1.29, 1.82) is 0 Å². The molecule has 1 fully saturated rings. The highest BCUT2D eigenvalue weighted by atomic mass is 35.5. The van der Waals surface area contributed by atoms with E-state index >= 15 is 0 Å². The first-order valence-electron chi connectivity index (χ1n) is 10.7. The summed E-state index contributed by atoms with van der Waals surface area (Å²) in [6.07, 6.45) is 5.42. The lowest BCUT2D eigenvalue weighted by Gasteiger charge is -2.32. The molecule has 8 heteroatoms. The smallest absolute Gasteiger partial charge is 0.225 e. The Morgan fingerprint density at radius 2 is 1.68 bits per heavy atom. The average molecular weight is 449 g/mol. The number of piperidine rings is 1. The highest BCUT2D eigenvalue weighted by Crippen LogP contribution is 2.38. The van der Waals surface area contributed by atoms with Crippen LogP contribution in [0, 0.1) is 5.92 Å². The molecule has 0 aliphatic carbocycles. The minimum atomic E-state index is 0. The lowest BCUT2D eigenvalue weighted by Crippen LogP contribution is -2.35. The predicted octanol–water partition coefficient (Wildman–Crippen LogP) is 3.72. The number of aromatic nitrogens is 2. The molecule has 1 aromatic carbocycles. The molecular weight excluding hydrogens is 416 g/mol. The third-order valence-corrected chi connectivity index (χ3v) is 6.20. The fourth-order valence-electron chi connectivity index (χ4n) is 4.34. The van der Waals surface area contributed by atoms with Crippen LogP contribution in [0.4, 0.5) is 5.95 Å². The SMILES string of the molecule is COc1cc(CN2CCc3nc(N4CCC(C)CC4)ncc3C2)cc(OC)c1OC.Cl. The summed E-state index contributed by atoms with van der Waals surface area (Å²) in [5, 5.41) is 0. The average Bonchev–Trinajstić information content (AvgIpc) is 2.78. The van der Waals surface area contributed by atoms with E-state index in [1.807, 2.05) is 18.3 Å². The molecular formula is C23H33ClN4O3. The van der Waals surface area contributed by atoms with Crippen molar-refractivity contribution < 1.29 is 14.2 Å². The Kier molecular flexibility index (Phi) is 7.84. The molecule has 3 heterocycles. The van der Waals surface area contributed by atoms with E-state index < -0.39 is 0 Å². The van der Waals surface area contributed by atoms with Gasteiger partial charge in [0.1, 0.15) is 0 Å². The van der Waals surface area contributed by atoms with Gasteiger partial charge in [-0.3, -0.25) is 4.90 Å². The number of nitrogens with zero attached hydrogens (tertiary/aromatic N) is 4. The first kappa shape index (κ1) is 23.4. The van der Waals surface area contributed by atoms with Crippen molar-refractivity contribution in [3.05, 3.63) is 35.2 Å². The normalized spacial score (nSPS) is 17.0. The first-order valence-corrected chi connectivity index (χ1v) is 10.7. The van der Waals surface area contributed by atoms with Gasteiger partial charge >= 0.3 is 0 Å². The van der Waals surface area contributed by atoms with E-state index in [1.54, 1.807) is 21.3 Å². The minimum absolute atomic E-state index is 0. The number of halogens is 1. The maximum atomic E-state index is 5.49. The molecule has 0 radical (unpaired) electrons. The number of ether oxygens (including phenoxy) is 3. The molecule has 0 amide bonds.